The predicted octanol–water partition coefficient (Wildman–Crippen LogP) is 5.61. The zero-order chi connectivity index (χ0) is 16.1. The van der Waals surface area contributed by atoms with Gasteiger partial charge in [-0.15, -0.1) is 0 Å². The molecular formula is C18H20BrClN2. The van der Waals surface area contributed by atoms with Crippen molar-refractivity contribution in [3.63, 3.8) is 0 Å². The van der Waals surface area contributed by atoms with Gasteiger partial charge in [0.05, 0.1) is 17.0 Å². The van der Waals surface area contributed by atoms with Crippen LogP contribution in [0.4, 0.5) is 5.69 Å². The average molecular weight is 380 g/mol. The van der Waals surface area contributed by atoms with E-state index < -0.39 is 0 Å². The van der Waals surface area contributed by atoms with Crippen molar-refractivity contribution in [1.82, 2.24) is 4.90 Å². The molecule has 2 aromatic carbocycles. The third kappa shape index (κ3) is 4.34. The fourth-order valence-electron chi connectivity index (χ4n) is 2.09. The summed E-state index contributed by atoms with van der Waals surface area (Å²) in [6, 6.07) is 12.3. The summed E-state index contributed by atoms with van der Waals surface area (Å²) in [6.45, 7) is 5.10. The van der Waals surface area contributed by atoms with Crippen molar-refractivity contribution in [3.05, 3.63) is 62.6 Å². The zero-order valence-corrected chi connectivity index (χ0v) is 15.4. The molecule has 0 aliphatic rings. The number of hydrogen-bond acceptors (Lipinski definition) is 1. The van der Waals surface area contributed by atoms with Gasteiger partial charge in [0.25, 0.3) is 0 Å². The minimum atomic E-state index is 0.688. The molecule has 0 aliphatic carbocycles. The molecule has 0 atom stereocenters. The zero-order valence-electron chi connectivity index (χ0n) is 13.1. The van der Waals surface area contributed by atoms with Crippen LogP contribution in [-0.2, 0) is 6.42 Å². The Hall–Kier alpha value is -1.32. The molecule has 22 heavy (non-hydrogen) atoms. The van der Waals surface area contributed by atoms with Crippen molar-refractivity contribution in [2.75, 3.05) is 13.6 Å². The molecule has 0 unspecified atom stereocenters. The summed E-state index contributed by atoms with van der Waals surface area (Å²) in [4.78, 5) is 6.48. The third-order valence-electron chi connectivity index (χ3n) is 3.64. The quantitative estimate of drug-likeness (QED) is 0.487. The smallest absolute Gasteiger partial charge is 0.0910 e. The molecule has 0 amide bonds. The molecule has 0 aliphatic heterocycles. The summed E-state index contributed by atoms with van der Waals surface area (Å²) >= 11 is 9.99. The van der Waals surface area contributed by atoms with Crippen molar-refractivity contribution < 1.29 is 0 Å². The van der Waals surface area contributed by atoms with Gasteiger partial charge in [0.1, 0.15) is 0 Å². The molecule has 0 radical (unpaired) electrons. The molecule has 0 heterocycles. The lowest BCUT2D eigenvalue weighted by atomic mass is 10.00. The predicted molar refractivity (Wildman–Crippen MR) is 99.6 cm³/mol. The number of rotatable bonds is 5. The standard InChI is InChI=1S/C18H20BrClN2/c1-4-22(3)12-21-18-9-13(2)15(11-17(18)20)10-14-7-5-6-8-16(14)19/h5-9,11-12H,4,10H2,1-3H3/b21-12-. The van der Waals surface area contributed by atoms with Gasteiger partial charge in [-0.3, -0.25) is 0 Å². The van der Waals surface area contributed by atoms with Crippen LogP contribution in [0.3, 0.4) is 0 Å². The maximum atomic E-state index is 6.39. The summed E-state index contributed by atoms with van der Waals surface area (Å²) < 4.78 is 1.12. The minimum Gasteiger partial charge on any atom is -0.366 e. The summed E-state index contributed by atoms with van der Waals surface area (Å²) in [6.07, 6.45) is 2.67. The average Bonchev–Trinajstić information content (AvgIpc) is 2.51. The maximum absolute atomic E-state index is 6.39. The lowest BCUT2D eigenvalue weighted by Gasteiger charge is -2.12. The van der Waals surface area contributed by atoms with Crippen molar-refractivity contribution in [2.45, 2.75) is 20.3 Å². The maximum Gasteiger partial charge on any atom is 0.0910 e. The monoisotopic (exact) mass is 378 g/mol. The van der Waals surface area contributed by atoms with Crippen molar-refractivity contribution in [1.29, 1.82) is 0 Å². The molecule has 0 N–H and O–H groups in total. The van der Waals surface area contributed by atoms with E-state index in [-0.39, 0.29) is 0 Å². The van der Waals surface area contributed by atoms with Gasteiger partial charge in [-0.1, -0.05) is 45.7 Å². The Labute approximate surface area is 146 Å². The second-order valence-corrected chi connectivity index (χ2v) is 6.58. The van der Waals surface area contributed by atoms with Gasteiger partial charge in [-0.05, 0) is 55.2 Å². The molecular weight excluding hydrogens is 360 g/mol. The highest BCUT2D eigenvalue weighted by molar-refractivity contribution is 9.10. The van der Waals surface area contributed by atoms with Crippen molar-refractivity contribution in [3.8, 4) is 0 Å². The van der Waals surface area contributed by atoms with Crippen LogP contribution in [0.2, 0.25) is 5.02 Å². The summed E-state index contributed by atoms with van der Waals surface area (Å²) in [5, 5.41) is 0.688. The van der Waals surface area contributed by atoms with E-state index in [1.807, 2.05) is 30.4 Å². The van der Waals surface area contributed by atoms with E-state index in [1.54, 1.807) is 0 Å². The number of nitrogens with zero attached hydrogens (tertiary/aromatic N) is 2. The molecule has 116 valence electrons. The molecule has 0 saturated carbocycles. The van der Waals surface area contributed by atoms with E-state index in [9.17, 15) is 0 Å². The number of hydrogen-bond donors (Lipinski definition) is 0. The topological polar surface area (TPSA) is 15.6 Å². The molecule has 4 heteroatoms. The Morgan fingerprint density at radius 2 is 1.95 bits per heavy atom. The first-order valence-electron chi connectivity index (χ1n) is 7.28. The Bertz CT molecular complexity index is 683. The van der Waals surface area contributed by atoms with Crippen molar-refractivity contribution in [2.24, 2.45) is 4.99 Å². The van der Waals surface area contributed by atoms with Gasteiger partial charge in [0.2, 0.25) is 0 Å². The fraction of sp³-hybridized carbons (Fsp3) is 0.278. The molecule has 0 saturated heterocycles. The normalized spacial score (nSPS) is 11.1. The van der Waals surface area contributed by atoms with E-state index in [2.05, 4.69) is 59.0 Å². The van der Waals surface area contributed by atoms with Gasteiger partial charge >= 0.3 is 0 Å². The molecule has 0 fully saturated rings. The van der Waals surface area contributed by atoms with Crippen LogP contribution in [0.1, 0.15) is 23.6 Å². The Balaban J connectivity index is 2.27. The van der Waals surface area contributed by atoms with Crippen LogP contribution in [-0.4, -0.2) is 24.8 Å². The molecule has 2 nitrogen and oxygen atoms in total. The van der Waals surface area contributed by atoms with Gasteiger partial charge in [-0.25, -0.2) is 4.99 Å². The largest absolute Gasteiger partial charge is 0.366 e. The first-order chi connectivity index (χ1) is 10.5. The van der Waals surface area contributed by atoms with Crippen LogP contribution in [0.15, 0.2) is 45.9 Å². The van der Waals surface area contributed by atoms with Gasteiger partial charge in [0.15, 0.2) is 0 Å². The highest BCUT2D eigenvalue weighted by Gasteiger charge is 2.08. The highest BCUT2D eigenvalue weighted by Crippen LogP contribution is 2.30. The van der Waals surface area contributed by atoms with Crippen LogP contribution in [0.5, 0.6) is 0 Å². The number of aliphatic imine (C=N–C) groups is 1. The number of aryl methyl sites for hydroxylation is 1. The van der Waals surface area contributed by atoms with E-state index in [0.717, 1.165) is 23.1 Å². The van der Waals surface area contributed by atoms with Crippen LogP contribution in [0, 0.1) is 6.92 Å². The van der Waals surface area contributed by atoms with Gasteiger partial charge in [-0.2, -0.15) is 0 Å². The molecule has 0 bridgehead atoms. The number of benzene rings is 2. The Kier molecular flexibility index (Phi) is 6.04. The molecule has 0 spiro atoms. The van der Waals surface area contributed by atoms with E-state index in [1.165, 1.54) is 16.7 Å². The first-order valence-corrected chi connectivity index (χ1v) is 8.45. The van der Waals surface area contributed by atoms with Gasteiger partial charge < -0.3 is 4.90 Å². The lowest BCUT2D eigenvalue weighted by Crippen LogP contribution is -2.14. The third-order valence-corrected chi connectivity index (χ3v) is 4.71. The van der Waals surface area contributed by atoms with Gasteiger partial charge in [0, 0.05) is 18.1 Å². The number of halogens is 2. The highest BCUT2D eigenvalue weighted by atomic mass is 79.9. The summed E-state index contributed by atoms with van der Waals surface area (Å²) in [5.74, 6) is 0. The first kappa shape index (κ1) is 17.0. The lowest BCUT2D eigenvalue weighted by molar-refractivity contribution is 0.552. The SMILES string of the molecule is CCN(C)/C=N\c1cc(C)c(Cc2ccccc2Br)cc1Cl. The Morgan fingerprint density at radius 1 is 1.23 bits per heavy atom. The fourth-order valence-corrected chi connectivity index (χ4v) is 2.75. The molecule has 0 aromatic heterocycles. The Morgan fingerprint density at radius 3 is 2.64 bits per heavy atom. The van der Waals surface area contributed by atoms with Crippen LogP contribution < -0.4 is 0 Å². The molecule has 2 aromatic rings. The minimum absolute atomic E-state index is 0.688. The molecule has 2 rings (SSSR count). The summed E-state index contributed by atoms with van der Waals surface area (Å²) in [5.41, 5.74) is 4.49. The van der Waals surface area contributed by atoms with E-state index >= 15 is 0 Å². The van der Waals surface area contributed by atoms with Crippen LogP contribution >= 0.6 is 27.5 Å². The van der Waals surface area contributed by atoms with Crippen molar-refractivity contribution >= 4 is 39.6 Å². The van der Waals surface area contributed by atoms with Crippen LogP contribution in [0.25, 0.3) is 0 Å². The van der Waals surface area contributed by atoms with E-state index in [0.29, 0.717) is 5.02 Å². The second kappa shape index (κ2) is 7.80. The summed E-state index contributed by atoms with van der Waals surface area (Å²) in [7, 11) is 1.99. The van der Waals surface area contributed by atoms with E-state index in [4.69, 9.17) is 11.6 Å². The second-order valence-electron chi connectivity index (χ2n) is 5.32.